The average Bonchev–Trinajstić information content (AvgIpc) is 2.93. The van der Waals surface area contributed by atoms with E-state index in [1.54, 1.807) is 25.3 Å². The zero-order valence-electron chi connectivity index (χ0n) is 22.2. The smallest absolute Gasteiger partial charge is 0.243 e. The van der Waals surface area contributed by atoms with Gasteiger partial charge in [0.05, 0.1) is 18.5 Å². The summed E-state index contributed by atoms with van der Waals surface area (Å²) in [6.07, 6.45) is 1.08. The third-order valence-electron chi connectivity index (χ3n) is 6.69. The number of sulfonamides is 1. The monoisotopic (exact) mass is 536 g/mol. The lowest BCUT2D eigenvalue weighted by Gasteiger charge is -2.38. The Morgan fingerprint density at radius 1 is 0.921 bits per heavy atom. The van der Waals surface area contributed by atoms with Crippen LogP contribution >= 0.6 is 0 Å². The van der Waals surface area contributed by atoms with Gasteiger partial charge in [-0.3, -0.25) is 4.79 Å². The van der Waals surface area contributed by atoms with Gasteiger partial charge >= 0.3 is 0 Å². The molecule has 0 radical (unpaired) electrons. The van der Waals surface area contributed by atoms with Crippen molar-refractivity contribution >= 4 is 33.0 Å². The van der Waals surface area contributed by atoms with Crippen molar-refractivity contribution in [3.63, 3.8) is 0 Å². The molecule has 3 aromatic rings. The van der Waals surface area contributed by atoms with Crippen molar-refractivity contribution in [3.05, 3.63) is 78.4 Å². The molecule has 1 amide bonds. The summed E-state index contributed by atoms with van der Waals surface area (Å²) >= 11 is 0. The molecule has 4 rings (SSSR count). The van der Waals surface area contributed by atoms with Crippen LogP contribution in [0.15, 0.2) is 77.7 Å². The first kappa shape index (κ1) is 27.5. The first-order valence-electron chi connectivity index (χ1n) is 13.0. The summed E-state index contributed by atoms with van der Waals surface area (Å²) in [5.41, 5.74) is 2.98. The number of hydrogen-bond donors (Lipinski definition) is 2. The predicted molar refractivity (Wildman–Crippen MR) is 153 cm³/mol. The lowest BCUT2D eigenvalue weighted by molar-refractivity contribution is -0.116. The van der Waals surface area contributed by atoms with E-state index in [-0.39, 0.29) is 10.8 Å². The van der Waals surface area contributed by atoms with Crippen molar-refractivity contribution in [1.29, 1.82) is 0 Å². The van der Waals surface area contributed by atoms with Gasteiger partial charge in [-0.25, -0.2) is 13.1 Å². The maximum atomic E-state index is 13.7. The minimum atomic E-state index is -3.91. The molecule has 1 heterocycles. The molecule has 0 aromatic heterocycles. The van der Waals surface area contributed by atoms with E-state index in [9.17, 15) is 13.2 Å². The second-order valence-corrected chi connectivity index (χ2v) is 11.1. The van der Waals surface area contributed by atoms with Crippen LogP contribution in [0.2, 0.25) is 0 Å². The predicted octanol–water partition coefficient (Wildman–Crippen LogP) is 4.80. The number of ether oxygens (including phenoxy) is 1. The highest BCUT2D eigenvalue weighted by Gasteiger charge is 2.28. The highest BCUT2D eigenvalue weighted by molar-refractivity contribution is 7.89. The van der Waals surface area contributed by atoms with E-state index >= 15 is 0 Å². The Bertz CT molecular complexity index is 1340. The highest BCUT2D eigenvalue weighted by atomic mass is 32.2. The van der Waals surface area contributed by atoms with Crippen molar-refractivity contribution in [3.8, 4) is 5.75 Å². The lowest BCUT2D eigenvalue weighted by Crippen LogP contribution is -2.47. The fourth-order valence-electron chi connectivity index (χ4n) is 4.70. The van der Waals surface area contributed by atoms with Gasteiger partial charge in [0.2, 0.25) is 15.9 Å². The average molecular weight is 537 g/mol. The number of piperazine rings is 1. The summed E-state index contributed by atoms with van der Waals surface area (Å²) in [6.45, 7) is 6.45. The van der Waals surface area contributed by atoms with E-state index in [1.807, 2.05) is 68.4 Å². The Labute approximate surface area is 225 Å². The number of carbonyl (C=O) groups is 1. The Morgan fingerprint density at radius 3 is 2.21 bits per heavy atom. The number of methoxy groups -OCH3 is 1. The zero-order valence-corrected chi connectivity index (χ0v) is 23.0. The van der Waals surface area contributed by atoms with Gasteiger partial charge in [0.1, 0.15) is 10.6 Å². The van der Waals surface area contributed by atoms with E-state index in [2.05, 4.69) is 19.8 Å². The summed E-state index contributed by atoms with van der Waals surface area (Å²) in [4.78, 5) is 16.7. The van der Waals surface area contributed by atoms with Gasteiger partial charge in [-0.1, -0.05) is 49.4 Å². The molecule has 0 bridgehead atoms. The first-order chi connectivity index (χ1) is 18.3. The van der Waals surface area contributed by atoms with Crippen molar-refractivity contribution in [2.75, 3.05) is 48.4 Å². The second kappa shape index (κ2) is 12.3. The van der Waals surface area contributed by atoms with Crippen LogP contribution in [0.4, 0.5) is 17.1 Å². The fourth-order valence-corrected chi connectivity index (χ4v) is 6.19. The van der Waals surface area contributed by atoms with Gasteiger partial charge in [0, 0.05) is 44.3 Å². The number of carbonyl (C=O) groups excluding carboxylic acids is 1. The van der Waals surface area contributed by atoms with Crippen LogP contribution in [-0.2, 0) is 14.8 Å². The number of anilines is 3. The summed E-state index contributed by atoms with van der Waals surface area (Å²) in [6, 6.07) is 22.1. The van der Waals surface area contributed by atoms with Gasteiger partial charge in [0.15, 0.2) is 0 Å². The molecule has 3 aromatic carbocycles. The maximum Gasteiger partial charge on any atom is 0.243 e. The third kappa shape index (κ3) is 6.46. The van der Waals surface area contributed by atoms with Crippen LogP contribution in [0.5, 0.6) is 5.75 Å². The number of amides is 1. The van der Waals surface area contributed by atoms with Crippen LogP contribution in [0.3, 0.4) is 0 Å². The van der Waals surface area contributed by atoms with Crippen LogP contribution in [-0.4, -0.2) is 47.6 Å². The lowest BCUT2D eigenvalue weighted by atomic mass is 10.1. The van der Waals surface area contributed by atoms with Gasteiger partial charge < -0.3 is 19.9 Å². The number of para-hydroxylation sites is 2. The molecule has 0 saturated carbocycles. The Morgan fingerprint density at radius 2 is 1.55 bits per heavy atom. The molecule has 0 spiro atoms. The minimum absolute atomic E-state index is 0.139. The molecule has 38 heavy (non-hydrogen) atoms. The molecule has 0 aliphatic carbocycles. The Balaban J connectivity index is 1.61. The quantitative estimate of drug-likeness (QED) is 0.387. The normalized spacial score (nSPS) is 14.7. The SMILES string of the molecule is CCCC(=O)Nc1ccc(N2CCN(c3ccccc3OC)CC2)c(S(=O)(=O)NC(C)c2ccccc2)c1. The largest absolute Gasteiger partial charge is 0.495 e. The Hall–Kier alpha value is -3.56. The molecule has 1 unspecified atom stereocenters. The number of rotatable bonds is 10. The summed E-state index contributed by atoms with van der Waals surface area (Å²) < 4.78 is 35.8. The van der Waals surface area contributed by atoms with Gasteiger partial charge in [-0.05, 0) is 49.2 Å². The highest BCUT2D eigenvalue weighted by Crippen LogP contribution is 2.33. The van der Waals surface area contributed by atoms with Gasteiger partial charge in [0.25, 0.3) is 0 Å². The molecular formula is C29H36N4O4S. The van der Waals surface area contributed by atoms with Crippen LogP contribution < -0.4 is 24.6 Å². The van der Waals surface area contributed by atoms with E-state index < -0.39 is 16.1 Å². The number of nitrogens with one attached hydrogen (secondary N) is 2. The van der Waals surface area contributed by atoms with Gasteiger partial charge in [-0.15, -0.1) is 0 Å². The number of benzene rings is 3. The van der Waals surface area contributed by atoms with E-state index in [1.165, 1.54) is 0 Å². The first-order valence-corrected chi connectivity index (χ1v) is 14.4. The van der Waals surface area contributed by atoms with E-state index in [0.717, 1.165) is 17.0 Å². The topological polar surface area (TPSA) is 91.0 Å². The van der Waals surface area contributed by atoms with Crippen LogP contribution in [0, 0.1) is 0 Å². The Kier molecular flexibility index (Phi) is 8.91. The summed E-state index contributed by atoms with van der Waals surface area (Å²) in [5.74, 6) is 0.676. The fraction of sp³-hybridized carbons (Fsp3) is 0.345. The molecule has 1 aliphatic rings. The zero-order chi connectivity index (χ0) is 27.1. The molecular weight excluding hydrogens is 500 g/mol. The van der Waals surface area contributed by atoms with Gasteiger partial charge in [-0.2, -0.15) is 0 Å². The molecule has 8 nitrogen and oxygen atoms in total. The standard InChI is InChI=1S/C29H36N4O4S/c1-4-10-29(34)30-24-15-16-26(28(21-24)38(35,36)31-22(2)23-11-6-5-7-12-23)33-19-17-32(18-20-33)25-13-8-9-14-27(25)37-3/h5-9,11-16,21-22,31H,4,10,17-20H2,1-3H3,(H,30,34). The molecule has 1 saturated heterocycles. The minimum Gasteiger partial charge on any atom is -0.495 e. The van der Waals surface area contributed by atoms with E-state index in [4.69, 9.17) is 4.74 Å². The van der Waals surface area contributed by atoms with Crippen LogP contribution in [0.1, 0.15) is 38.3 Å². The second-order valence-electron chi connectivity index (χ2n) is 9.38. The molecule has 2 N–H and O–H groups in total. The van der Waals surface area contributed by atoms with Crippen molar-refractivity contribution < 1.29 is 17.9 Å². The van der Waals surface area contributed by atoms with Crippen molar-refractivity contribution in [2.45, 2.75) is 37.6 Å². The molecule has 202 valence electrons. The summed E-state index contributed by atoms with van der Waals surface area (Å²) in [5, 5.41) is 2.84. The van der Waals surface area contributed by atoms with E-state index in [0.29, 0.717) is 50.4 Å². The van der Waals surface area contributed by atoms with Crippen molar-refractivity contribution in [1.82, 2.24) is 4.72 Å². The van der Waals surface area contributed by atoms with Crippen molar-refractivity contribution in [2.24, 2.45) is 0 Å². The number of nitrogens with zero attached hydrogens (tertiary/aromatic N) is 2. The maximum absolute atomic E-state index is 13.7. The molecule has 1 fully saturated rings. The number of hydrogen-bond acceptors (Lipinski definition) is 6. The molecule has 9 heteroatoms. The third-order valence-corrected chi connectivity index (χ3v) is 8.26. The molecule has 1 aliphatic heterocycles. The van der Waals surface area contributed by atoms with Crippen LogP contribution in [0.25, 0.3) is 0 Å². The molecule has 1 atom stereocenters. The summed E-state index contributed by atoms with van der Waals surface area (Å²) in [7, 11) is -2.25.